The van der Waals surface area contributed by atoms with Crippen molar-refractivity contribution >= 4 is 15.9 Å². The third-order valence-electron chi connectivity index (χ3n) is 4.01. The molecule has 0 aromatic heterocycles. The number of methoxy groups -OCH3 is 2. The highest BCUT2D eigenvalue weighted by Crippen LogP contribution is 2.48. The van der Waals surface area contributed by atoms with Gasteiger partial charge in [0.05, 0.1) is 14.2 Å². The summed E-state index contributed by atoms with van der Waals surface area (Å²) in [7, 11) is 3.36. The second-order valence-electron chi connectivity index (χ2n) is 4.85. The van der Waals surface area contributed by atoms with Crippen molar-refractivity contribution in [2.24, 2.45) is 5.73 Å². The first-order valence-corrected chi connectivity index (χ1v) is 7.09. The lowest BCUT2D eigenvalue weighted by Crippen LogP contribution is -2.32. The third-order valence-corrected chi connectivity index (χ3v) is 4.76. The van der Waals surface area contributed by atoms with Gasteiger partial charge in [-0.3, -0.25) is 0 Å². The fourth-order valence-electron chi connectivity index (χ4n) is 2.95. The quantitative estimate of drug-likeness (QED) is 0.928. The second kappa shape index (κ2) is 5.49. The Morgan fingerprint density at radius 1 is 1.22 bits per heavy atom. The zero-order valence-electron chi connectivity index (χ0n) is 11.0. The summed E-state index contributed by atoms with van der Waals surface area (Å²) in [4.78, 5) is 0. The second-order valence-corrected chi connectivity index (χ2v) is 5.65. The lowest BCUT2D eigenvalue weighted by atomic mass is 9.78. The van der Waals surface area contributed by atoms with Crippen LogP contribution in [0.2, 0.25) is 0 Å². The maximum Gasteiger partial charge on any atom is 0.140 e. The van der Waals surface area contributed by atoms with E-state index >= 15 is 0 Å². The van der Waals surface area contributed by atoms with Crippen molar-refractivity contribution in [3.05, 3.63) is 22.2 Å². The Balaban J connectivity index is 2.53. The van der Waals surface area contributed by atoms with E-state index in [-0.39, 0.29) is 5.41 Å². The van der Waals surface area contributed by atoms with Gasteiger partial charge in [-0.1, -0.05) is 18.9 Å². The zero-order chi connectivity index (χ0) is 13.2. The Kier molecular flexibility index (Phi) is 4.17. The van der Waals surface area contributed by atoms with Gasteiger partial charge in [0, 0.05) is 17.5 Å². The van der Waals surface area contributed by atoms with E-state index in [1.807, 2.05) is 6.07 Å². The first-order chi connectivity index (χ1) is 8.68. The molecular weight excluding hydrogens is 294 g/mol. The molecular formula is C14H20BrNO2. The van der Waals surface area contributed by atoms with Gasteiger partial charge in [-0.05, 0) is 34.8 Å². The van der Waals surface area contributed by atoms with Crippen LogP contribution >= 0.6 is 15.9 Å². The Morgan fingerprint density at radius 3 is 2.39 bits per heavy atom. The average molecular weight is 314 g/mol. The lowest BCUT2D eigenvalue weighted by Gasteiger charge is -2.30. The summed E-state index contributed by atoms with van der Waals surface area (Å²) >= 11 is 3.56. The summed E-state index contributed by atoms with van der Waals surface area (Å²) in [6.45, 7) is 0.669. The molecule has 0 amide bonds. The number of rotatable bonds is 4. The van der Waals surface area contributed by atoms with Crippen LogP contribution in [0.5, 0.6) is 11.5 Å². The Morgan fingerprint density at radius 2 is 1.89 bits per heavy atom. The monoisotopic (exact) mass is 313 g/mol. The van der Waals surface area contributed by atoms with Gasteiger partial charge in [-0.2, -0.15) is 0 Å². The summed E-state index contributed by atoms with van der Waals surface area (Å²) in [6.07, 6.45) is 4.76. The molecule has 0 spiro atoms. The van der Waals surface area contributed by atoms with Gasteiger partial charge >= 0.3 is 0 Å². The third kappa shape index (κ3) is 2.12. The predicted molar refractivity (Wildman–Crippen MR) is 76.4 cm³/mol. The molecule has 1 aromatic carbocycles. The molecule has 0 aliphatic heterocycles. The number of halogens is 1. The molecule has 18 heavy (non-hydrogen) atoms. The van der Waals surface area contributed by atoms with Crippen molar-refractivity contribution in [1.29, 1.82) is 0 Å². The molecule has 1 aromatic rings. The maximum absolute atomic E-state index is 6.04. The maximum atomic E-state index is 6.04. The summed E-state index contributed by atoms with van der Waals surface area (Å²) in [5, 5.41) is 0. The van der Waals surface area contributed by atoms with Crippen LogP contribution in [0.3, 0.4) is 0 Å². The van der Waals surface area contributed by atoms with Crippen molar-refractivity contribution in [2.45, 2.75) is 31.1 Å². The molecule has 1 saturated carbocycles. The molecule has 0 radical (unpaired) electrons. The molecule has 1 fully saturated rings. The molecule has 0 unspecified atom stereocenters. The van der Waals surface area contributed by atoms with Crippen molar-refractivity contribution in [2.75, 3.05) is 20.8 Å². The first-order valence-electron chi connectivity index (χ1n) is 6.29. The Bertz CT molecular complexity index is 428. The zero-order valence-corrected chi connectivity index (χ0v) is 12.5. The van der Waals surface area contributed by atoms with E-state index in [0.29, 0.717) is 6.54 Å². The number of nitrogens with two attached hydrogens (primary N) is 1. The van der Waals surface area contributed by atoms with Crippen molar-refractivity contribution < 1.29 is 9.47 Å². The van der Waals surface area contributed by atoms with E-state index in [1.54, 1.807) is 14.2 Å². The van der Waals surface area contributed by atoms with E-state index in [4.69, 9.17) is 15.2 Å². The molecule has 2 rings (SSSR count). The van der Waals surface area contributed by atoms with Crippen LogP contribution in [0.15, 0.2) is 16.6 Å². The Labute approximate surface area is 117 Å². The molecule has 1 aliphatic carbocycles. The van der Waals surface area contributed by atoms with Gasteiger partial charge in [-0.25, -0.2) is 0 Å². The van der Waals surface area contributed by atoms with Crippen molar-refractivity contribution in [3.8, 4) is 11.5 Å². The average Bonchev–Trinajstić information content (AvgIpc) is 2.88. The topological polar surface area (TPSA) is 44.5 Å². The molecule has 2 N–H and O–H groups in total. The largest absolute Gasteiger partial charge is 0.495 e. The lowest BCUT2D eigenvalue weighted by molar-refractivity contribution is 0.364. The van der Waals surface area contributed by atoms with Gasteiger partial charge in [0.15, 0.2) is 0 Å². The van der Waals surface area contributed by atoms with Crippen molar-refractivity contribution in [1.82, 2.24) is 0 Å². The molecule has 0 saturated heterocycles. The fraction of sp³-hybridized carbons (Fsp3) is 0.571. The van der Waals surface area contributed by atoms with Gasteiger partial charge < -0.3 is 15.2 Å². The highest BCUT2D eigenvalue weighted by molar-refractivity contribution is 9.10. The van der Waals surface area contributed by atoms with Crippen molar-refractivity contribution in [3.63, 3.8) is 0 Å². The van der Waals surface area contributed by atoms with Crippen LogP contribution < -0.4 is 15.2 Å². The van der Waals surface area contributed by atoms with E-state index in [1.165, 1.54) is 18.4 Å². The summed E-state index contributed by atoms with van der Waals surface area (Å²) in [5.74, 6) is 1.66. The molecule has 0 atom stereocenters. The van der Waals surface area contributed by atoms with Gasteiger partial charge in [0.1, 0.15) is 16.0 Å². The predicted octanol–water partition coefficient (Wildman–Crippen LogP) is 3.24. The molecule has 100 valence electrons. The van der Waals surface area contributed by atoms with E-state index < -0.39 is 0 Å². The minimum atomic E-state index is 0.0696. The molecule has 4 heteroatoms. The molecule has 0 heterocycles. The van der Waals surface area contributed by atoms with Crippen LogP contribution in [0.25, 0.3) is 0 Å². The smallest absolute Gasteiger partial charge is 0.140 e. The molecule has 0 bridgehead atoms. The standard InChI is InChI=1S/C14H20BrNO2/c1-17-11-6-5-10(13(18-2)12(11)15)14(9-16)7-3-4-8-14/h5-6H,3-4,7-9,16H2,1-2H3. The van der Waals surface area contributed by atoms with E-state index in [9.17, 15) is 0 Å². The van der Waals surface area contributed by atoms with E-state index in [0.717, 1.165) is 28.8 Å². The fourth-order valence-corrected chi connectivity index (χ4v) is 3.62. The normalized spacial score (nSPS) is 17.8. The van der Waals surface area contributed by atoms with Crippen LogP contribution in [0.1, 0.15) is 31.2 Å². The highest BCUT2D eigenvalue weighted by atomic mass is 79.9. The molecule has 3 nitrogen and oxygen atoms in total. The minimum absolute atomic E-state index is 0.0696. The van der Waals surface area contributed by atoms with Crippen LogP contribution in [0.4, 0.5) is 0 Å². The Hall–Kier alpha value is -0.740. The first kappa shape index (κ1) is 13.7. The van der Waals surface area contributed by atoms with Crippen LogP contribution in [-0.2, 0) is 5.41 Å². The minimum Gasteiger partial charge on any atom is -0.495 e. The number of hydrogen-bond donors (Lipinski definition) is 1. The number of ether oxygens (including phenoxy) is 2. The van der Waals surface area contributed by atoms with Gasteiger partial charge in [0.2, 0.25) is 0 Å². The summed E-state index contributed by atoms with van der Waals surface area (Å²) in [6, 6.07) is 4.08. The summed E-state index contributed by atoms with van der Waals surface area (Å²) in [5.41, 5.74) is 7.32. The highest BCUT2D eigenvalue weighted by Gasteiger charge is 2.37. The van der Waals surface area contributed by atoms with E-state index in [2.05, 4.69) is 22.0 Å². The summed E-state index contributed by atoms with van der Waals surface area (Å²) < 4.78 is 11.8. The van der Waals surface area contributed by atoms with Gasteiger partial charge in [0.25, 0.3) is 0 Å². The SMILES string of the molecule is COc1ccc(C2(CN)CCCC2)c(OC)c1Br. The number of benzene rings is 1. The number of hydrogen-bond acceptors (Lipinski definition) is 3. The van der Waals surface area contributed by atoms with Crippen LogP contribution in [-0.4, -0.2) is 20.8 Å². The van der Waals surface area contributed by atoms with Crippen LogP contribution in [0, 0.1) is 0 Å². The van der Waals surface area contributed by atoms with Gasteiger partial charge in [-0.15, -0.1) is 0 Å². The molecule has 1 aliphatic rings.